The smallest absolute Gasteiger partial charge is 0.412 e. The van der Waals surface area contributed by atoms with Gasteiger partial charge in [0.1, 0.15) is 5.56 Å². The predicted molar refractivity (Wildman–Crippen MR) is 144 cm³/mol. The largest absolute Gasteiger partial charge is 0.449 e. The van der Waals surface area contributed by atoms with E-state index in [1.807, 2.05) is 54.6 Å². The van der Waals surface area contributed by atoms with Gasteiger partial charge in [-0.15, -0.1) is 5.10 Å². The molecule has 10 nitrogen and oxygen atoms in total. The molecule has 38 heavy (non-hydrogen) atoms. The molecule has 0 saturated carbocycles. The van der Waals surface area contributed by atoms with Gasteiger partial charge in [-0.2, -0.15) is 0 Å². The minimum atomic E-state index is -0.687. The molecule has 0 aliphatic heterocycles. The van der Waals surface area contributed by atoms with Crippen LogP contribution >= 0.6 is 11.6 Å². The van der Waals surface area contributed by atoms with E-state index in [1.165, 1.54) is 4.52 Å². The van der Waals surface area contributed by atoms with Gasteiger partial charge in [0.05, 0.1) is 41.4 Å². The second-order valence-electron chi connectivity index (χ2n) is 8.73. The molecule has 2 N–H and O–H groups in total. The van der Waals surface area contributed by atoms with Crippen LogP contribution in [0.25, 0.3) is 22.4 Å². The molecule has 5 aromatic rings. The van der Waals surface area contributed by atoms with Crippen LogP contribution in [0, 0.1) is 0 Å². The van der Waals surface area contributed by atoms with Gasteiger partial charge >= 0.3 is 6.09 Å². The van der Waals surface area contributed by atoms with Crippen molar-refractivity contribution < 1.29 is 14.3 Å². The lowest BCUT2D eigenvalue weighted by Gasteiger charge is -2.20. The Balaban J connectivity index is 1.50. The molecule has 1 unspecified atom stereocenters. The van der Waals surface area contributed by atoms with Crippen LogP contribution in [0.1, 0.15) is 48.7 Å². The molecule has 1 atom stereocenters. The molecule has 5 rings (SSSR count). The summed E-state index contributed by atoms with van der Waals surface area (Å²) in [5.74, 6) is -0.405. The molecule has 0 spiro atoms. The number of imidazole rings is 1. The van der Waals surface area contributed by atoms with Crippen molar-refractivity contribution in [3.8, 4) is 11.3 Å². The van der Waals surface area contributed by atoms with Gasteiger partial charge in [-0.1, -0.05) is 55.3 Å². The van der Waals surface area contributed by atoms with Crippen molar-refractivity contribution >= 4 is 40.6 Å². The summed E-state index contributed by atoms with van der Waals surface area (Å²) in [5.41, 5.74) is 3.77. The number of amides is 2. The highest BCUT2D eigenvalue weighted by molar-refractivity contribution is 6.34. The molecular weight excluding hydrogens is 506 g/mol. The number of benzene rings is 1. The Morgan fingerprint density at radius 3 is 2.79 bits per heavy atom. The first kappa shape index (κ1) is 25.2. The van der Waals surface area contributed by atoms with Crippen molar-refractivity contribution in [3.63, 3.8) is 0 Å². The van der Waals surface area contributed by atoms with Gasteiger partial charge in [0.25, 0.3) is 5.91 Å². The van der Waals surface area contributed by atoms with Crippen molar-refractivity contribution in [3.05, 3.63) is 83.5 Å². The van der Waals surface area contributed by atoms with Gasteiger partial charge in [-0.05, 0) is 31.0 Å². The van der Waals surface area contributed by atoms with Crippen LogP contribution in [0.15, 0.2) is 67.4 Å². The minimum absolute atomic E-state index is 0.0567. The van der Waals surface area contributed by atoms with E-state index in [0.29, 0.717) is 10.7 Å². The molecule has 4 heterocycles. The Hall–Kier alpha value is -4.44. The van der Waals surface area contributed by atoms with E-state index in [-0.39, 0.29) is 18.0 Å². The highest BCUT2D eigenvalue weighted by atomic mass is 35.5. The van der Waals surface area contributed by atoms with Gasteiger partial charge in [0, 0.05) is 18.0 Å². The van der Waals surface area contributed by atoms with Crippen molar-refractivity contribution in [2.45, 2.75) is 32.7 Å². The standard InChI is InChI=1S/C27H26ClN7O3/c1-3-4-13-38-27(37)32-24-22(25-30-11-8-12-35(25)33-24)26(36)31-17(2)19-14-20(28)21-15-29-16-34(21)23(19)18-9-6-5-7-10-18/h5-12,14-17H,3-4,13H2,1-2H3,(H,31,36)(H,32,33,37). The van der Waals surface area contributed by atoms with Crippen molar-refractivity contribution in [2.75, 3.05) is 11.9 Å². The summed E-state index contributed by atoms with van der Waals surface area (Å²) in [6, 6.07) is 12.8. The number of fused-ring (bicyclic) bond motifs is 2. The van der Waals surface area contributed by atoms with Crippen LogP contribution in [0.2, 0.25) is 5.02 Å². The Morgan fingerprint density at radius 2 is 2.00 bits per heavy atom. The van der Waals surface area contributed by atoms with Crippen LogP contribution in [0.4, 0.5) is 10.6 Å². The molecular formula is C27H26ClN7O3. The van der Waals surface area contributed by atoms with Crippen molar-refractivity contribution in [2.24, 2.45) is 0 Å². The molecule has 0 saturated heterocycles. The number of carbonyl (C=O) groups is 2. The number of unbranched alkanes of at least 4 members (excludes halogenated alkanes) is 1. The van der Waals surface area contributed by atoms with Crippen LogP contribution in [0.5, 0.6) is 0 Å². The average molecular weight is 532 g/mol. The maximum atomic E-state index is 13.7. The van der Waals surface area contributed by atoms with Crippen molar-refractivity contribution in [1.29, 1.82) is 0 Å². The lowest BCUT2D eigenvalue weighted by Crippen LogP contribution is -2.28. The van der Waals surface area contributed by atoms with E-state index in [2.05, 4.69) is 25.7 Å². The van der Waals surface area contributed by atoms with E-state index in [0.717, 1.165) is 35.2 Å². The molecule has 0 fully saturated rings. The number of halogens is 1. The second-order valence-corrected chi connectivity index (χ2v) is 9.14. The number of hydrogen-bond acceptors (Lipinski definition) is 6. The Bertz CT molecular complexity index is 1610. The summed E-state index contributed by atoms with van der Waals surface area (Å²) in [6.07, 6.45) is 7.53. The van der Waals surface area contributed by atoms with Crippen LogP contribution in [0.3, 0.4) is 0 Å². The molecule has 1 aromatic carbocycles. The number of hydrogen-bond donors (Lipinski definition) is 2. The summed E-state index contributed by atoms with van der Waals surface area (Å²) in [6.45, 7) is 4.13. The summed E-state index contributed by atoms with van der Waals surface area (Å²) < 4.78 is 8.55. The molecule has 11 heteroatoms. The molecule has 0 bridgehead atoms. The molecule has 0 aliphatic carbocycles. The topological polar surface area (TPSA) is 115 Å². The van der Waals surface area contributed by atoms with E-state index < -0.39 is 18.0 Å². The van der Waals surface area contributed by atoms with E-state index >= 15 is 0 Å². The summed E-state index contributed by atoms with van der Waals surface area (Å²) in [5, 5.41) is 10.5. The minimum Gasteiger partial charge on any atom is -0.449 e. The van der Waals surface area contributed by atoms with Gasteiger partial charge in [-0.25, -0.2) is 19.3 Å². The Labute approximate surface area is 223 Å². The molecule has 194 valence electrons. The number of nitrogens with one attached hydrogen (secondary N) is 2. The Morgan fingerprint density at radius 1 is 1.18 bits per heavy atom. The van der Waals surface area contributed by atoms with Crippen LogP contribution in [-0.4, -0.2) is 42.6 Å². The number of carbonyl (C=O) groups excluding carboxylic acids is 2. The maximum absolute atomic E-state index is 13.7. The Kier molecular flexibility index (Phi) is 7.23. The number of anilines is 1. The summed E-state index contributed by atoms with van der Waals surface area (Å²) in [4.78, 5) is 34.6. The monoisotopic (exact) mass is 531 g/mol. The third-order valence-corrected chi connectivity index (χ3v) is 6.42. The first-order valence-corrected chi connectivity index (χ1v) is 12.6. The highest BCUT2D eigenvalue weighted by Gasteiger charge is 2.26. The van der Waals surface area contributed by atoms with Gasteiger partial charge < -0.3 is 10.1 Å². The zero-order chi connectivity index (χ0) is 26.6. The number of rotatable bonds is 8. The summed E-state index contributed by atoms with van der Waals surface area (Å²) in [7, 11) is 0. The van der Waals surface area contributed by atoms with E-state index in [9.17, 15) is 9.59 Å². The third kappa shape index (κ3) is 4.90. The average Bonchev–Trinajstić information content (AvgIpc) is 3.54. The fourth-order valence-corrected chi connectivity index (χ4v) is 4.53. The van der Waals surface area contributed by atoms with Gasteiger partial charge in [0.15, 0.2) is 11.5 Å². The molecule has 0 aliphatic rings. The van der Waals surface area contributed by atoms with Crippen LogP contribution in [-0.2, 0) is 4.74 Å². The maximum Gasteiger partial charge on any atom is 0.412 e. The second kappa shape index (κ2) is 10.9. The number of aromatic nitrogens is 5. The van der Waals surface area contributed by atoms with Gasteiger partial charge in [0.2, 0.25) is 0 Å². The van der Waals surface area contributed by atoms with Crippen LogP contribution < -0.4 is 10.6 Å². The van der Waals surface area contributed by atoms with E-state index in [4.69, 9.17) is 16.3 Å². The summed E-state index contributed by atoms with van der Waals surface area (Å²) >= 11 is 6.60. The molecule has 0 radical (unpaired) electrons. The molecule has 4 aromatic heterocycles. The fourth-order valence-electron chi connectivity index (χ4n) is 4.27. The predicted octanol–water partition coefficient (Wildman–Crippen LogP) is 5.54. The quantitative estimate of drug-likeness (QED) is 0.254. The first-order chi connectivity index (χ1) is 18.5. The van der Waals surface area contributed by atoms with Crippen molar-refractivity contribution in [1.82, 2.24) is 29.3 Å². The molecule has 2 amide bonds. The number of ether oxygens (including phenoxy) is 1. The lowest BCUT2D eigenvalue weighted by molar-refractivity contribution is 0.0942. The fraction of sp³-hybridized carbons (Fsp3) is 0.222. The zero-order valence-corrected chi connectivity index (χ0v) is 21.6. The van der Waals surface area contributed by atoms with Gasteiger partial charge in [-0.3, -0.25) is 14.5 Å². The SMILES string of the molecule is CCCCOC(=O)Nc1nn2cccnc2c1C(=O)NC(C)c1cc(Cl)c2cncn2c1-c1ccccc1. The lowest BCUT2D eigenvalue weighted by atomic mass is 9.99. The third-order valence-electron chi connectivity index (χ3n) is 6.11. The first-order valence-electron chi connectivity index (χ1n) is 12.3. The number of pyridine rings is 1. The zero-order valence-electron chi connectivity index (χ0n) is 20.9. The highest BCUT2D eigenvalue weighted by Crippen LogP contribution is 2.34. The normalized spacial score (nSPS) is 12.0. The van der Waals surface area contributed by atoms with E-state index in [1.54, 1.807) is 31.0 Å². The number of nitrogens with zero attached hydrogens (tertiary/aromatic N) is 5.